The van der Waals surface area contributed by atoms with Gasteiger partial charge in [-0.05, 0) is 30.5 Å². The van der Waals surface area contributed by atoms with E-state index in [2.05, 4.69) is 20.6 Å². The number of benzene rings is 1. The summed E-state index contributed by atoms with van der Waals surface area (Å²) in [5, 5.41) is 14.9. The van der Waals surface area contributed by atoms with Crippen LogP contribution in [-0.4, -0.2) is 65.4 Å². The van der Waals surface area contributed by atoms with Gasteiger partial charge < -0.3 is 32.1 Å². The number of nitrogens with two attached hydrogens (primary N) is 2. The van der Waals surface area contributed by atoms with Gasteiger partial charge in [-0.1, -0.05) is 23.5 Å². The van der Waals surface area contributed by atoms with Crippen molar-refractivity contribution in [1.29, 1.82) is 0 Å². The van der Waals surface area contributed by atoms with Gasteiger partial charge >= 0.3 is 0 Å². The molecule has 1 heterocycles. The number of aliphatic hydroxyl groups excluding tert-OH is 1. The van der Waals surface area contributed by atoms with Gasteiger partial charge in [-0.2, -0.15) is 0 Å². The number of amides is 3. The molecule has 32 heavy (non-hydrogen) atoms. The number of hydrogen-bond donors (Lipinski definition) is 5. The number of hydrogen-bond acceptors (Lipinski definition) is 7. The average Bonchev–Trinajstić information content (AvgIpc) is 3.12. The van der Waals surface area contributed by atoms with Crippen LogP contribution in [0.25, 0.3) is 0 Å². The summed E-state index contributed by atoms with van der Waals surface area (Å²) < 4.78 is 0. The summed E-state index contributed by atoms with van der Waals surface area (Å²) >= 11 is 1.01. The first-order valence-corrected chi connectivity index (χ1v) is 10.5. The van der Waals surface area contributed by atoms with E-state index in [0.717, 1.165) is 16.9 Å². The van der Waals surface area contributed by atoms with Crippen LogP contribution in [0.1, 0.15) is 27.9 Å². The fourth-order valence-corrected chi connectivity index (χ4v) is 3.73. The van der Waals surface area contributed by atoms with Crippen molar-refractivity contribution in [3.63, 3.8) is 0 Å². The molecule has 3 amide bonds. The lowest BCUT2D eigenvalue weighted by atomic mass is 10.1. The number of aromatic nitrogens is 1. The molecule has 11 nitrogen and oxygen atoms in total. The van der Waals surface area contributed by atoms with Crippen LogP contribution in [0.5, 0.6) is 0 Å². The zero-order valence-electron chi connectivity index (χ0n) is 18.1. The van der Waals surface area contributed by atoms with Crippen molar-refractivity contribution < 1.29 is 19.5 Å². The SMILES string of the molecule is CC(=O)Nc1nc(CCc2ccc(N=C(N)N)cc2)c(C(=O)N[C@@H](CO)C(=O)N(C)C)s1. The Morgan fingerprint density at radius 2 is 1.84 bits per heavy atom. The molecular formula is C20H27N7O4S. The van der Waals surface area contributed by atoms with Gasteiger partial charge in [-0.25, -0.2) is 9.98 Å². The minimum atomic E-state index is -1.08. The Morgan fingerprint density at radius 1 is 1.19 bits per heavy atom. The van der Waals surface area contributed by atoms with Crippen molar-refractivity contribution >= 4 is 45.8 Å². The number of thiazole rings is 1. The first-order chi connectivity index (χ1) is 15.1. The van der Waals surface area contributed by atoms with E-state index >= 15 is 0 Å². The second-order valence-electron chi connectivity index (χ2n) is 7.12. The monoisotopic (exact) mass is 461 g/mol. The fraction of sp³-hybridized carbons (Fsp3) is 0.350. The summed E-state index contributed by atoms with van der Waals surface area (Å²) in [6.07, 6.45) is 0.970. The second kappa shape index (κ2) is 11.2. The van der Waals surface area contributed by atoms with E-state index in [4.69, 9.17) is 11.5 Å². The fourth-order valence-electron chi connectivity index (χ4n) is 2.77. The molecule has 0 unspecified atom stereocenters. The zero-order chi connectivity index (χ0) is 23.8. The quantitative estimate of drug-likeness (QED) is 0.257. The third kappa shape index (κ3) is 7.03. The van der Waals surface area contributed by atoms with Crippen molar-refractivity contribution in [1.82, 2.24) is 15.2 Å². The van der Waals surface area contributed by atoms with Gasteiger partial charge in [0, 0.05) is 21.0 Å². The summed E-state index contributed by atoms with van der Waals surface area (Å²) in [7, 11) is 3.06. The minimum absolute atomic E-state index is 0.0321. The number of aliphatic hydroxyl groups is 1. The van der Waals surface area contributed by atoms with E-state index in [1.165, 1.54) is 25.9 Å². The summed E-state index contributed by atoms with van der Waals surface area (Å²) in [4.78, 5) is 46.3. The molecule has 0 bridgehead atoms. The highest BCUT2D eigenvalue weighted by Crippen LogP contribution is 2.25. The summed E-state index contributed by atoms with van der Waals surface area (Å²) in [5.74, 6) is -1.33. The molecule has 12 heteroatoms. The number of carbonyl (C=O) groups is 3. The van der Waals surface area contributed by atoms with Crippen molar-refractivity contribution in [2.24, 2.45) is 16.5 Å². The molecule has 0 aliphatic heterocycles. The molecule has 0 saturated carbocycles. The van der Waals surface area contributed by atoms with Gasteiger partial charge in [0.25, 0.3) is 5.91 Å². The predicted octanol–water partition coefficient (Wildman–Crippen LogP) is -0.0295. The Morgan fingerprint density at radius 3 is 2.38 bits per heavy atom. The van der Waals surface area contributed by atoms with Gasteiger partial charge in [0.15, 0.2) is 11.1 Å². The van der Waals surface area contributed by atoms with Gasteiger partial charge in [-0.15, -0.1) is 0 Å². The van der Waals surface area contributed by atoms with Gasteiger partial charge in [-0.3, -0.25) is 14.4 Å². The van der Waals surface area contributed by atoms with E-state index in [0.29, 0.717) is 24.2 Å². The number of carbonyl (C=O) groups excluding carboxylic acids is 3. The van der Waals surface area contributed by atoms with Gasteiger partial charge in [0.1, 0.15) is 10.9 Å². The number of guanidine groups is 1. The summed E-state index contributed by atoms with van der Waals surface area (Å²) in [6.45, 7) is 0.800. The van der Waals surface area contributed by atoms with E-state index in [1.54, 1.807) is 12.1 Å². The Labute approximate surface area is 189 Å². The zero-order valence-corrected chi connectivity index (χ0v) is 18.9. The number of aryl methyl sites for hydroxylation is 2. The van der Waals surface area contributed by atoms with Crippen LogP contribution in [0.3, 0.4) is 0 Å². The molecule has 0 aliphatic carbocycles. The van der Waals surface area contributed by atoms with Crippen LogP contribution < -0.4 is 22.1 Å². The van der Waals surface area contributed by atoms with Gasteiger partial charge in [0.2, 0.25) is 11.8 Å². The number of rotatable bonds is 9. The first-order valence-electron chi connectivity index (χ1n) is 9.69. The standard InChI is InChI=1S/C20H27N7O4S/c1-11(29)23-20-26-14(9-6-12-4-7-13(8-5-12)24-19(21)22)16(32-20)17(30)25-15(10-28)18(31)27(2)3/h4-5,7-8,15,28H,6,9-10H2,1-3H3,(H,25,30)(H4,21,22,24)(H,23,26,29)/t15-/m0/s1. The maximum absolute atomic E-state index is 12.8. The van der Waals surface area contributed by atoms with Crippen LogP contribution in [0, 0.1) is 0 Å². The number of likely N-dealkylation sites (N-methyl/N-ethyl adjacent to an activating group) is 1. The second-order valence-corrected chi connectivity index (χ2v) is 8.12. The van der Waals surface area contributed by atoms with Crippen LogP contribution in [0.15, 0.2) is 29.3 Å². The smallest absolute Gasteiger partial charge is 0.264 e. The third-order valence-electron chi connectivity index (χ3n) is 4.26. The van der Waals surface area contributed by atoms with E-state index in [9.17, 15) is 19.5 Å². The molecule has 0 spiro atoms. The molecule has 1 aromatic heterocycles. The Kier molecular flexibility index (Phi) is 8.67. The highest BCUT2D eigenvalue weighted by atomic mass is 32.1. The molecule has 7 N–H and O–H groups in total. The number of nitrogens with one attached hydrogen (secondary N) is 2. The first kappa shape index (κ1) is 24.8. The lowest BCUT2D eigenvalue weighted by Gasteiger charge is -2.19. The summed E-state index contributed by atoms with van der Waals surface area (Å²) in [5.41, 5.74) is 12.8. The predicted molar refractivity (Wildman–Crippen MR) is 123 cm³/mol. The van der Waals surface area contributed by atoms with Crippen molar-refractivity contribution in [3.8, 4) is 0 Å². The van der Waals surface area contributed by atoms with Crippen LogP contribution in [0.2, 0.25) is 0 Å². The Balaban J connectivity index is 2.21. The van der Waals surface area contributed by atoms with Crippen LogP contribution >= 0.6 is 11.3 Å². The maximum Gasteiger partial charge on any atom is 0.264 e. The summed E-state index contributed by atoms with van der Waals surface area (Å²) in [6, 6.07) is 6.18. The van der Waals surface area contributed by atoms with Crippen molar-refractivity contribution in [2.75, 3.05) is 26.0 Å². The van der Waals surface area contributed by atoms with Crippen molar-refractivity contribution in [3.05, 3.63) is 40.4 Å². The van der Waals surface area contributed by atoms with Crippen LogP contribution in [0.4, 0.5) is 10.8 Å². The maximum atomic E-state index is 12.8. The minimum Gasteiger partial charge on any atom is -0.394 e. The molecule has 172 valence electrons. The van der Waals surface area contributed by atoms with E-state index in [1.807, 2.05) is 12.1 Å². The molecule has 2 rings (SSSR count). The Hall–Kier alpha value is -3.51. The van der Waals surface area contributed by atoms with E-state index < -0.39 is 24.5 Å². The Bertz CT molecular complexity index is 998. The molecule has 1 atom stereocenters. The lowest BCUT2D eigenvalue weighted by molar-refractivity contribution is -0.131. The number of anilines is 1. The highest BCUT2D eigenvalue weighted by Gasteiger charge is 2.25. The number of aliphatic imine (C=N–C) groups is 1. The van der Waals surface area contributed by atoms with E-state index in [-0.39, 0.29) is 21.9 Å². The van der Waals surface area contributed by atoms with Gasteiger partial charge in [0.05, 0.1) is 18.0 Å². The van der Waals surface area contributed by atoms with Crippen LogP contribution in [-0.2, 0) is 22.4 Å². The third-order valence-corrected chi connectivity index (χ3v) is 5.27. The largest absolute Gasteiger partial charge is 0.394 e. The molecule has 2 aromatic rings. The molecule has 0 radical (unpaired) electrons. The topological polar surface area (TPSA) is 176 Å². The normalized spacial score (nSPS) is 11.4. The molecular weight excluding hydrogens is 434 g/mol. The lowest BCUT2D eigenvalue weighted by Crippen LogP contribution is -2.48. The molecule has 0 saturated heterocycles. The number of nitrogens with zero attached hydrogens (tertiary/aromatic N) is 3. The van der Waals surface area contributed by atoms with Crippen molar-refractivity contribution in [2.45, 2.75) is 25.8 Å². The molecule has 0 fully saturated rings. The molecule has 0 aliphatic rings. The molecule has 1 aromatic carbocycles. The highest BCUT2D eigenvalue weighted by molar-refractivity contribution is 7.17. The average molecular weight is 462 g/mol.